The largest absolute Gasteiger partial charge is 0.309 e. The SMILES string of the molecule is Cc1ccccc1C(=Cc1ccc2c3c(C(C)C)c4c(c(C(C)C)c3n3c5ccccc5c1c23)c1ccc(N(c2ccccc2C)c2ccccc2C)c2c3ccccc3n4c12)c1ccccc1C. The first kappa shape index (κ1) is 41.3. The third kappa shape index (κ3) is 5.74. The molecule has 9 aromatic carbocycles. The molecule has 0 bridgehead atoms. The van der Waals surface area contributed by atoms with Gasteiger partial charge in [0.25, 0.3) is 0 Å². The molecule has 334 valence electrons. The monoisotopic (exact) mass is 889 g/mol. The van der Waals surface area contributed by atoms with E-state index in [0.29, 0.717) is 0 Å². The Balaban J connectivity index is 1.21. The van der Waals surface area contributed by atoms with Gasteiger partial charge in [-0.1, -0.05) is 167 Å². The van der Waals surface area contributed by atoms with Gasteiger partial charge in [0, 0.05) is 54.5 Å². The third-order valence-corrected chi connectivity index (χ3v) is 15.4. The van der Waals surface area contributed by atoms with Gasteiger partial charge in [-0.3, -0.25) is 0 Å². The van der Waals surface area contributed by atoms with Crippen LogP contribution in [0, 0.1) is 27.7 Å². The number of para-hydroxylation sites is 4. The molecule has 0 atom stereocenters. The molecule has 3 heteroatoms. The highest BCUT2D eigenvalue weighted by atomic mass is 15.2. The predicted octanol–water partition coefficient (Wildman–Crippen LogP) is 18.5. The van der Waals surface area contributed by atoms with Crippen LogP contribution in [0.5, 0.6) is 0 Å². The molecule has 13 rings (SSSR count). The second kappa shape index (κ2) is 15.3. The quantitative estimate of drug-likeness (QED) is 0.138. The lowest BCUT2D eigenvalue weighted by Gasteiger charge is -2.29. The minimum absolute atomic E-state index is 0.230. The van der Waals surface area contributed by atoms with E-state index < -0.39 is 0 Å². The van der Waals surface area contributed by atoms with E-state index in [1.807, 2.05) is 0 Å². The number of benzene rings is 9. The summed E-state index contributed by atoms with van der Waals surface area (Å²) in [6.45, 7) is 18.6. The van der Waals surface area contributed by atoms with E-state index in [4.69, 9.17) is 0 Å². The van der Waals surface area contributed by atoms with Crippen molar-refractivity contribution in [1.29, 1.82) is 0 Å². The summed E-state index contributed by atoms with van der Waals surface area (Å²) in [4.78, 5) is 2.52. The highest BCUT2D eigenvalue weighted by molar-refractivity contribution is 6.34. The Morgan fingerprint density at radius 3 is 1.29 bits per heavy atom. The van der Waals surface area contributed by atoms with Gasteiger partial charge in [-0.15, -0.1) is 0 Å². The van der Waals surface area contributed by atoms with E-state index in [-0.39, 0.29) is 11.8 Å². The number of anilines is 3. The van der Waals surface area contributed by atoms with E-state index in [1.165, 1.54) is 149 Å². The molecule has 0 N–H and O–H groups in total. The minimum atomic E-state index is 0.230. The van der Waals surface area contributed by atoms with Crippen molar-refractivity contribution in [3.63, 3.8) is 0 Å². The Morgan fingerprint density at radius 1 is 0.377 bits per heavy atom. The molecule has 13 aromatic rings. The lowest BCUT2D eigenvalue weighted by Crippen LogP contribution is -2.13. The van der Waals surface area contributed by atoms with Crippen molar-refractivity contribution in [2.75, 3.05) is 4.90 Å². The molecule has 0 aliphatic carbocycles. The van der Waals surface area contributed by atoms with E-state index in [2.05, 4.69) is 245 Å². The Hall–Kier alpha value is -7.88. The first-order chi connectivity index (χ1) is 33.6. The van der Waals surface area contributed by atoms with Crippen LogP contribution >= 0.6 is 0 Å². The van der Waals surface area contributed by atoms with Crippen LogP contribution in [-0.2, 0) is 0 Å². The fourth-order valence-electron chi connectivity index (χ4n) is 12.5. The molecular formula is C66H55N3. The van der Waals surface area contributed by atoms with Crippen molar-refractivity contribution in [3.05, 3.63) is 220 Å². The number of rotatable bonds is 8. The summed E-state index contributed by atoms with van der Waals surface area (Å²) in [5.74, 6) is 0.460. The minimum Gasteiger partial charge on any atom is -0.309 e. The molecule has 0 aliphatic rings. The average molecular weight is 890 g/mol. The summed E-state index contributed by atoms with van der Waals surface area (Å²) in [7, 11) is 0. The number of aryl methyl sites for hydroxylation is 4. The standard InChI is InChI=1S/C66H55N3/c1-38(2)57-61-49-34-33-44(37-51(45-25-13-9-21-40(45)5)46-26-14-10-22-41(46)6)59-47-27-15-19-31-54(47)68(63(49)59)65(61)58(39(3)4)62-50-35-36-56(60-48-28-16-20-32-55(48)69(64(50)60)66(57)62)67(52-29-17-11-23-42(52)7)53-30-18-12-24-43(53)8/h9-39H,1-8H3. The predicted molar refractivity (Wildman–Crippen MR) is 297 cm³/mol. The molecule has 0 unspecified atom stereocenters. The van der Waals surface area contributed by atoms with E-state index in [0.717, 1.165) is 0 Å². The van der Waals surface area contributed by atoms with Crippen LogP contribution in [0.4, 0.5) is 17.1 Å². The third-order valence-electron chi connectivity index (χ3n) is 15.4. The lowest BCUT2D eigenvalue weighted by atomic mass is 9.86. The highest BCUT2D eigenvalue weighted by Gasteiger charge is 2.33. The Kier molecular flexibility index (Phi) is 9.17. The van der Waals surface area contributed by atoms with Crippen molar-refractivity contribution >= 4 is 105 Å². The summed E-state index contributed by atoms with van der Waals surface area (Å²) < 4.78 is 5.34. The van der Waals surface area contributed by atoms with Crippen LogP contribution in [0.25, 0.3) is 87.8 Å². The van der Waals surface area contributed by atoms with E-state index in [1.54, 1.807) is 0 Å². The second-order valence-corrected chi connectivity index (χ2v) is 20.2. The molecule has 69 heavy (non-hydrogen) atoms. The molecule has 4 heterocycles. The maximum Gasteiger partial charge on any atom is 0.0641 e. The van der Waals surface area contributed by atoms with Crippen LogP contribution < -0.4 is 4.90 Å². The molecule has 0 aliphatic heterocycles. The van der Waals surface area contributed by atoms with Gasteiger partial charge in [0.2, 0.25) is 0 Å². The van der Waals surface area contributed by atoms with Crippen molar-refractivity contribution in [2.45, 2.75) is 67.2 Å². The number of nitrogens with zero attached hydrogens (tertiary/aromatic N) is 3. The van der Waals surface area contributed by atoms with E-state index >= 15 is 0 Å². The van der Waals surface area contributed by atoms with Gasteiger partial charge in [-0.05, 0) is 132 Å². The molecule has 0 amide bonds. The number of fused-ring (bicyclic) bond motifs is 12. The molecule has 0 spiro atoms. The number of hydrogen-bond donors (Lipinski definition) is 0. The average Bonchev–Trinajstić information content (AvgIpc) is 4.09. The highest BCUT2D eigenvalue weighted by Crippen LogP contribution is 2.54. The lowest BCUT2D eigenvalue weighted by molar-refractivity contribution is 0.869. The Labute approximate surface area is 403 Å². The molecule has 0 saturated carbocycles. The maximum atomic E-state index is 2.67. The summed E-state index contributed by atoms with van der Waals surface area (Å²) in [6, 6.07) is 63.4. The smallest absolute Gasteiger partial charge is 0.0641 e. The van der Waals surface area contributed by atoms with Crippen LogP contribution in [0.15, 0.2) is 170 Å². The fraction of sp³-hybridized carbons (Fsp3) is 0.152. The van der Waals surface area contributed by atoms with Crippen LogP contribution in [-0.4, -0.2) is 8.80 Å². The molecule has 0 fully saturated rings. The van der Waals surface area contributed by atoms with Crippen LogP contribution in [0.2, 0.25) is 0 Å². The van der Waals surface area contributed by atoms with Gasteiger partial charge in [0.15, 0.2) is 0 Å². The summed E-state index contributed by atoms with van der Waals surface area (Å²) in [5.41, 5.74) is 24.3. The maximum absolute atomic E-state index is 2.67. The number of aromatic nitrogens is 2. The van der Waals surface area contributed by atoms with Gasteiger partial charge >= 0.3 is 0 Å². The molecular weight excluding hydrogens is 835 g/mol. The Morgan fingerprint density at radius 2 is 0.797 bits per heavy atom. The van der Waals surface area contributed by atoms with Gasteiger partial charge in [0.1, 0.15) is 0 Å². The van der Waals surface area contributed by atoms with Gasteiger partial charge < -0.3 is 13.7 Å². The zero-order chi connectivity index (χ0) is 47.0. The van der Waals surface area contributed by atoms with Gasteiger partial charge in [-0.2, -0.15) is 0 Å². The van der Waals surface area contributed by atoms with Crippen LogP contribution in [0.1, 0.15) is 89.6 Å². The number of hydrogen-bond acceptors (Lipinski definition) is 1. The molecule has 3 nitrogen and oxygen atoms in total. The first-order valence-corrected chi connectivity index (χ1v) is 24.8. The second-order valence-electron chi connectivity index (χ2n) is 20.2. The van der Waals surface area contributed by atoms with Crippen molar-refractivity contribution in [1.82, 2.24) is 8.80 Å². The van der Waals surface area contributed by atoms with E-state index in [9.17, 15) is 0 Å². The molecule has 0 radical (unpaired) electrons. The van der Waals surface area contributed by atoms with Crippen LogP contribution in [0.3, 0.4) is 0 Å². The van der Waals surface area contributed by atoms with Crippen molar-refractivity contribution in [3.8, 4) is 0 Å². The van der Waals surface area contributed by atoms with Gasteiger partial charge in [0.05, 0.1) is 38.8 Å². The normalized spacial score (nSPS) is 12.3. The van der Waals surface area contributed by atoms with Gasteiger partial charge in [-0.25, -0.2) is 0 Å². The Bertz CT molecular complexity index is 4150. The molecule has 4 aromatic heterocycles. The van der Waals surface area contributed by atoms with Crippen molar-refractivity contribution < 1.29 is 0 Å². The summed E-state index contributed by atoms with van der Waals surface area (Å²) in [5, 5.41) is 10.6. The summed E-state index contributed by atoms with van der Waals surface area (Å²) in [6.07, 6.45) is 2.48. The first-order valence-electron chi connectivity index (χ1n) is 24.8. The fourth-order valence-corrected chi connectivity index (χ4v) is 12.5. The zero-order valence-corrected chi connectivity index (χ0v) is 40.7. The van der Waals surface area contributed by atoms with Crippen molar-refractivity contribution in [2.24, 2.45) is 0 Å². The zero-order valence-electron chi connectivity index (χ0n) is 40.7. The molecule has 0 saturated heterocycles. The summed E-state index contributed by atoms with van der Waals surface area (Å²) >= 11 is 0. The topological polar surface area (TPSA) is 12.1 Å².